The molecule has 0 saturated heterocycles. The van der Waals surface area contributed by atoms with Crippen molar-refractivity contribution in [1.82, 2.24) is 10.5 Å². The van der Waals surface area contributed by atoms with Crippen LogP contribution < -0.4 is 5.43 Å². The normalized spacial score (nSPS) is 14.6. The van der Waals surface area contributed by atoms with Gasteiger partial charge in [-0.25, -0.2) is 5.12 Å². The van der Waals surface area contributed by atoms with Gasteiger partial charge < -0.3 is 10.2 Å². The first-order valence-corrected chi connectivity index (χ1v) is 6.95. The molecule has 1 aliphatic heterocycles. The van der Waals surface area contributed by atoms with Gasteiger partial charge >= 0.3 is 0 Å². The van der Waals surface area contributed by atoms with Gasteiger partial charge in [0.05, 0.1) is 11.4 Å². The molecule has 0 bridgehead atoms. The van der Waals surface area contributed by atoms with Crippen LogP contribution in [0.25, 0.3) is 11.3 Å². The Bertz CT molecular complexity index is 781. The number of phenols is 2. The van der Waals surface area contributed by atoms with Crippen LogP contribution in [0.3, 0.4) is 0 Å². The van der Waals surface area contributed by atoms with E-state index >= 15 is 0 Å². The lowest BCUT2D eigenvalue weighted by Gasteiger charge is -2.28. The number of hydrogen-bond acceptors (Lipinski definition) is 5. The first-order chi connectivity index (χ1) is 10.6. The van der Waals surface area contributed by atoms with Crippen LogP contribution in [0.5, 0.6) is 11.5 Å². The number of phenolic OH excluding ortho intramolecular Hbond substituents is 2. The summed E-state index contributed by atoms with van der Waals surface area (Å²) in [6, 6.07) is 14.2. The van der Waals surface area contributed by atoms with E-state index in [2.05, 4.69) is 10.5 Å². The molecule has 22 heavy (non-hydrogen) atoms. The maximum Gasteiger partial charge on any atom is 0.124 e. The van der Waals surface area contributed by atoms with Crippen LogP contribution >= 0.6 is 0 Å². The molecule has 3 N–H and O–H groups in total. The Morgan fingerprint density at radius 2 is 1.45 bits per heavy atom. The molecule has 0 aliphatic carbocycles. The van der Waals surface area contributed by atoms with Gasteiger partial charge in [-0.15, -0.1) is 0 Å². The minimum Gasteiger partial charge on any atom is -0.507 e. The Morgan fingerprint density at radius 1 is 0.909 bits per heavy atom. The van der Waals surface area contributed by atoms with E-state index in [4.69, 9.17) is 0 Å². The topological polar surface area (TPSA) is 68.1 Å². The van der Waals surface area contributed by atoms with E-state index in [1.165, 1.54) is 0 Å². The number of benzene rings is 2. The van der Waals surface area contributed by atoms with Crippen molar-refractivity contribution in [2.75, 3.05) is 7.05 Å². The summed E-state index contributed by atoms with van der Waals surface area (Å²) in [5, 5.41) is 26.3. The molecule has 1 aliphatic rings. The van der Waals surface area contributed by atoms with Crippen molar-refractivity contribution in [2.24, 2.45) is 5.10 Å². The number of nitrogens with zero attached hydrogens (tertiary/aromatic N) is 2. The number of allylic oxidation sites excluding steroid dienone is 1. The van der Waals surface area contributed by atoms with Crippen molar-refractivity contribution in [2.45, 2.75) is 6.92 Å². The summed E-state index contributed by atoms with van der Waals surface area (Å²) >= 11 is 0. The summed E-state index contributed by atoms with van der Waals surface area (Å²) in [4.78, 5) is 0. The number of para-hydroxylation sites is 2. The molecule has 2 aromatic rings. The quantitative estimate of drug-likeness (QED) is 0.797. The molecule has 0 atom stereocenters. The Morgan fingerprint density at radius 3 is 2.05 bits per heavy atom. The first kappa shape index (κ1) is 14.0. The molecular weight excluding hydrogens is 278 g/mol. The van der Waals surface area contributed by atoms with Crippen molar-refractivity contribution in [3.8, 4) is 11.5 Å². The van der Waals surface area contributed by atoms with E-state index in [0.717, 1.165) is 11.3 Å². The Kier molecular flexibility index (Phi) is 3.47. The smallest absolute Gasteiger partial charge is 0.124 e. The average Bonchev–Trinajstić information content (AvgIpc) is 2.48. The molecule has 0 saturated carbocycles. The van der Waals surface area contributed by atoms with Crippen LogP contribution in [-0.4, -0.2) is 28.1 Å². The van der Waals surface area contributed by atoms with Crippen LogP contribution in [-0.2, 0) is 0 Å². The SMILES string of the molecule is CC1=NN(C)NC(c2ccccc2O)=C1c1ccccc1O. The van der Waals surface area contributed by atoms with Crippen molar-refractivity contribution in [3.63, 3.8) is 0 Å². The van der Waals surface area contributed by atoms with E-state index < -0.39 is 0 Å². The van der Waals surface area contributed by atoms with Gasteiger partial charge in [0.15, 0.2) is 0 Å². The summed E-state index contributed by atoms with van der Waals surface area (Å²) in [5.41, 5.74) is 6.67. The van der Waals surface area contributed by atoms with Crippen molar-refractivity contribution >= 4 is 17.0 Å². The summed E-state index contributed by atoms with van der Waals surface area (Å²) in [5.74, 6) is 0.340. The molecule has 5 nitrogen and oxygen atoms in total. The van der Waals surface area contributed by atoms with Crippen LogP contribution in [0.2, 0.25) is 0 Å². The number of rotatable bonds is 2. The minimum absolute atomic E-state index is 0.168. The fraction of sp³-hybridized carbons (Fsp3) is 0.118. The molecule has 0 unspecified atom stereocenters. The van der Waals surface area contributed by atoms with Gasteiger partial charge in [0.25, 0.3) is 0 Å². The molecule has 0 fully saturated rings. The van der Waals surface area contributed by atoms with Gasteiger partial charge in [-0.3, -0.25) is 5.43 Å². The largest absolute Gasteiger partial charge is 0.507 e. The molecule has 112 valence electrons. The van der Waals surface area contributed by atoms with E-state index in [1.54, 1.807) is 36.4 Å². The number of aromatic hydroxyl groups is 2. The van der Waals surface area contributed by atoms with E-state index in [9.17, 15) is 10.2 Å². The van der Waals surface area contributed by atoms with Gasteiger partial charge in [-0.2, -0.15) is 5.10 Å². The highest BCUT2D eigenvalue weighted by Gasteiger charge is 2.23. The summed E-state index contributed by atoms with van der Waals surface area (Å²) in [7, 11) is 1.78. The van der Waals surface area contributed by atoms with Gasteiger partial charge in [-0.05, 0) is 25.1 Å². The highest BCUT2D eigenvalue weighted by molar-refractivity contribution is 6.30. The Labute approximate surface area is 128 Å². The highest BCUT2D eigenvalue weighted by Crippen LogP contribution is 2.36. The Balaban J connectivity index is 2.28. The zero-order valence-corrected chi connectivity index (χ0v) is 12.4. The van der Waals surface area contributed by atoms with Crippen LogP contribution in [0.15, 0.2) is 53.6 Å². The third-order valence-corrected chi connectivity index (χ3v) is 3.53. The monoisotopic (exact) mass is 295 g/mol. The molecule has 0 amide bonds. The number of hydrazine groups is 1. The maximum atomic E-state index is 10.2. The fourth-order valence-electron chi connectivity index (χ4n) is 2.59. The van der Waals surface area contributed by atoms with Crippen molar-refractivity contribution < 1.29 is 10.2 Å². The molecule has 0 radical (unpaired) electrons. The van der Waals surface area contributed by atoms with Gasteiger partial charge in [-0.1, -0.05) is 30.3 Å². The second-order valence-electron chi connectivity index (χ2n) is 5.11. The molecular formula is C17H17N3O2. The molecule has 0 spiro atoms. The third kappa shape index (κ3) is 2.37. The second-order valence-corrected chi connectivity index (χ2v) is 5.11. The maximum absolute atomic E-state index is 10.2. The second kappa shape index (κ2) is 5.44. The number of hydrazone groups is 1. The summed E-state index contributed by atoms with van der Waals surface area (Å²) < 4.78 is 0. The predicted octanol–water partition coefficient (Wildman–Crippen LogP) is 2.79. The van der Waals surface area contributed by atoms with Crippen LogP contribution in [0.1, 0.15) is 18.1 Å². The van der Waals surface area contributed by atoms with Crippen molar-refractivity contribution in [1.29, 1.82) is 0 Å². The predicted molar refractivity (Wildman–Crippen MR) is 87.0 cm³/mol. The third-order valence-electron chi connectivity index (χ3n) is 3.53. The number of hydrogen-bond donors (Lipinski definition) is 3. The fourth-order valence-corrected chi connectivity index (χ4v) is 2.59. The van der Waals surface area contributed by atoms with Gasteiger partial charge in [0.1, 0.15) is 11.5 Å². The first-order valence-electron chi connectivity index (χ1n) is 6.95. The highest BCUT2D eigenvalue weighted by atomic mass is 16.3. The average molecular weight is 295 g/mol. The molecule has 0 aromatic heterocycles. The van der Waals surface area contributed by atoms with E-state index in [0.29, 0.717) is 16.8 Å². The Hall–Kier alpha value is -2.95. The van der Waals surface area contributed by atoms with Crippen LogP contribution in [0.4, 0.5) is 0 Å². The summed E-state index contributed by atoms with van der Waals surface area (Å²) in [6.07, 6.45) is 0. The molecule has 5 heteroatoms. The standard InChI is InChI=1S/C17H17N3O2/c1-11-16(12-7-3-5-9-14(12)21)17(19-20(2)18-11)13-8-4-6-10-15(13)22/h3-10,19,21-22H,1-2H3. The number of nitrogens with one attached hydrogen (secondary N) is 1. The van der Waals surface area contributed by atoms with Crippen molar-refractivity contribution in [3.05, 3.63) is 59.7 Å². The minimum atomic E-state index is 0.168. The zero-order chi connectivity index (χ0) is 15.7. The van der Waals surface area contributed by atoms with Gasteiger partial charge in [0, 0.05) is 23.7 Å². The van der Waals surface area contributed by atoms with E-state index in [-0.39, 0.29) is 11.5 Å². The zero-order valence-electron chi connectivity index (χ0n) is 12.4. The lowest BCUT2D eigenvalue weighted by atomic mass is 9.94. The molecule has 3 rings (SSSR count). The van der Waals surface area contributed by atoms with Gasteiger partial charge in [0.2, 0.25) is 0 Å². The summed E-state index contributed by atoms with van der Waals surface area (Å²) in [6.45, 7) is 1.87. The lowest BCUT2D eigenvalue weighted by molar-refractivity contribution is 0.298. The van der Waals surface area contributed by atoms with Crippen LogP contribution in [0, 0.1) is 0 Å². The van der Waals surface area contributed by atoms with E-state index in [1.807, 2.05) is 31.2 Å². The lowest BCUT2D eigenvalue weighted by Crippen LogP contribution is -2.34. The molecule has 1 heterocycles. The molecule has 2 aromatic carbocycles.